The third-order valence-electron chi connectivity index (χ3n) is 5.84. The molecule has 3 rings (SSSR count). The van der Waals surface area contributed by atoms with E-state index in [0.717, 1.165) is 61.8 Å². The summed E-state index contributed by atoms with van der Waals surface area (Å²) in [6.45, 7) is 8.44. The highest BCUT2D eigenvalue weighted by Gasteiger charge is 2.34. The number of hydrogen-bond acceptors (Lipinski definition) is 1. The van der Waals surface area contributed by atoms with Crippen molar-refractivity contribution in [3.8, 4) is 0 Å². The Labute approximate surface area is 174 Å². The molecule has 0 fully saturated rings. The summed E-state index contributed by atoms with van der Waals surface area (Å²) in [5.41, 5.74) is 1.36. The van der Waals surface area contributed by atoms with Gasteiger partial charge in [0.05, 0.1) is 5.56 Å². The topological polar surface area (TPSA) is 37.8 Å². The lowest BCUT2D eigenvalue weighted by molar-refractivity contribution is -0.136. The van der Waals surface area contributed by atoms with Crippen LogP contribution in [-0.4, -0.2) is 9.55 Å². The van der Waals surface area contributed by atoms with Crippen LogP contribution in [0.15, 0.2) is 35.6 Å². The molecule has 3 nitrogen and oxygen atoms in total. The molecule has 0 spiro atoms. The highest BCUT2D eigenvalue weighted by atomic mass is 19.4. The molecule has 0 saturated carbocycles. The molecule has 3 aromatic rings. The van der Waals surface area contributed by atoms with Gasteiger partial charge < -0.3 is 9.55 Å². The number of nitrogens with one attached hydrogen (secondary N) is 1. The first-order valence-corrected chi connectivity index (χ1v) is 10.6. The molecule has 0 unspecified atom stereocenters. The molecular formula is C24H29F3N2O. The summed E-state index contributed by atoms with van der Waals surface area (Å²) in [4.78, 5) is 14.4. The van der Waals surface area contributed by atoms with Crippen molar-refractivity contribution in [2.45, 2.75) is 71.5 Å². The van der Waals surface area contributed by atoms with Crippen LogP contribution in [0.1, 0.15) is 62.3 Å². The summed E-state index contributed by atoms with van der Waals surface area (Å²) in [5.74, 6) is 0. The first kappa shape index (κ1) is 22.2. The predicted octanol–water partition coefficient (Wildman–Crippen LogP) is 6.90. The Bertz CT molecular complexity index is 1110. The molecule has 6 heteroatoms. The van der Waals surface area contributed by atoms with Crippen LogP contribution in [0.5, 0.6) is 0 Å². The van der Waals surface area contributed by atoms with Gasteiger partial charge >= 0.3 is 6.18 Å². The number of aromatic nitrogens is 2. The van der Waals surface area contributed by atoms with Crippen LogP contribution in [-0.2, 0) is 19.1 Å². The van der Waals surface area contributed by atoms with E-state index in [1.165, 1.54) is 6.42 Å². The molecule has 0 amide bonds. The molecule has 0 atom stereocenters. The fraction of sp³-hybridized carbons (Fsp3) is 0.458. The van der Waals surface area contributed by atoms with E-state index in [9.17, 15) is 18.0 Å². The summed E-state index contributed by atoms with van der Waals surface area (Å²) >= 11 is 0. The van der Waals surface area contributed by atoms with E-state index in [0.29, 0.717) is 11.5 Å². The highest BCUT2D eigenvalue weighted by molar-refractivity contribution is 6.09. The number of benzene rings is 1. The summed E-state index contributed by atoms with van der Waals surface area (Å²) < 4.78 is 43.4. The quantitative estimate of drug-likeness (QED) is 0.298. The molecule has 2 aromatic heterocycles. The van der Waals surface area contributed by atoms with Gasteiger partial charge in [0.15, 0.2) is 0 Å². The SMILES string of the molecule is C=CCCCCCCCn1c(CC)c(C)c2c3c(C(F)(F)F)cc(=O)[nH]c3ccc21. The van der Waals surface area contributed by atoms with Gasteiger partial charge in [0.1, 0.15) is 0 Å². The zero-order chi connectivity index (χ0) is 21.9. The Kier molecular flexibility index (Phi) is 6.74. The van der Waals surface area contributed by atoms with Gasteiger partial charge in [-0.1, -0.05) is 32.3 Å². The number of allylic oxidation sites excluding steroid dienone is 1. The van der Waals surface area contributed by atoms with Crippen molar-refractivity contribution < 1.29 is 13.2 Å². The first-order valence-electron chi connectivity index (χ1n) is 10.6. The van der Waals surface area contributed by atoms with Crippen molar-refractivity contribution in [1.82, 2.24) is 9.55 Å². The zero-order valence-corrected chi connectivity index (χ0v) is 17.7. The van der Waals surface area contributed by atoms with E-state index in [1.54, 1.807) is 6.07 Å². The average molecular weight is 419 g/mol. The van der Waals surface area contributed by atoms with E-state index in [4.69, 9.17) is 0 Å². The van der Waals surface area contributed by atoms with Gasteiger partial charge in [0.25, 0.3) is 0 Å². The van der Waals surface area contributed by atoms with Crippen molar-refractivity contribution >= 4 is 21.8 Å². The minimum Gasteiger partial charge on any atom is -0.344 e. The fourth-order valence-electron chi connectivity index (χ4n) is 4.47. The van der Waals surface area contributed by atoms with E-state index >= 15 is 0 Å². The second-order valence-corrected chi connectivity index (χ2v) is 7.85. The van der Waals surface area contributed by atoms with Gasteiger partial charge in [-0.3, -0.25) is 4.79 Å². The van der Waals surface area contributed by atoms with E-state index in [-0.39, 0.29) is 10.9 Å². The maximum absolute atomic E-state index is 13.8. The molecule has 30 heavy (non-hydrogen) atoms. The van der Waals surface area contributed by atoms with Crippen LogP contribution in [0.25, 0.3) is 21.8 Å². The molecule has 0 aliphatic heterocycles. The first-order chi connectivity index (χ1) is 14.3. The van der Waals surface area contributed by atoms with Gasteiger partial charge in [0.2, 0.25) is 5.56 Å². The molecule has 0 aliphatic carbocycles. The van der Waals surface area contributed by atoms with Gasteiger partial charge in [-0.05, 0) is 50.3 Å². The summed E-state index contributed by atoms with van der Waals surface area (Å²) in [5, 5.41) is 0.689. The van der Waals surface area contributed by atoms with Crippen LogP contribution in [0, 0.1) is 6.92 Å². The number of aryl methyl sites for hydroxylation is 2. The van der Waals surface area contributed by atoms with Crippen LogP contribution in [0.2, 0.25) is 0 Å². The summed E-state index contributed by atoms with van der Waals surface area (Å²) in [6, 6.07) is 4.11. The number of fused-ring (bicyclic) bond motifs is 3. The Balaban J connectivity index is 2.04. The van der Waals surface area contributed by atoms with Crippen molar-refractivity contribution in [3.05, 3.63) is 58.0 Å². The second kappa shape index (κ2) is 9.11. The highest BCUT2D eigenvalue weighted by Crippen LogP contribution is 2.39. The monoisotopic (exact) mass is 418 g/mol. The number of unbranched alkanes of at least 4 members (excludes halogenated alkanes) is 5. The van der Waals surface area contributed by atoms with Crippen LogP contribution in [0.3, 0.4) is 0 Å². The average Bonchev–Trinajstić information content (AvgIpc) is 2.97. The number of alkyl halides is 3. The second-order valence-electron chi connectivity index (χ2n) is 7.85. The number of pyridine rings is 1. The van der Waals surface area contributed by atoms with Gasteiger partial charge in [-0.2, -0.15) is 13.2 Å². The normalized spacial score (nSPS) is 12.2. The molecular weight excluding hydrogens is 389 g/mol. The van der Waals surface area contributed by atoms with Crippen molar-refractivity contribution in [2.75, 3.05) is 0 Å². The Morgan fingerprint density at radius 2 is 1.80 bits per heavy atom. The van der Waals surface area contributed by atoms with Crippen LogP contribution >= 0.6 is 0 Å². The smallest absolute Gasteiger partial charge is 0.344 e. The van der Waals surface area contributed by atoms with Crippen LogP contribution < -0.4 is 5.56 Å². The fourth-order valence-corrected chi connectivity index (χ4v) is 4.47. The molecule has 162 valence electrons. The van der Waals surface area contributed by atoms with E-state index < -0.39 is 17.3 Å². The third kappa shape index (κ3) is 4.32. The van der Waals surface area contributed by atoms with E-state index in [1.807, 2.05) is 26.0 Å². The molecule has 0 bridgehead atoms. The molecule has 2 heterocycles. The Morgan fingerprint density at radius 3 is 2.47 bits per heavy atom. The molecule has 1 N–H and O–H groups in total. The molecule has 0 saturated heterocycles. The molecule has 0 radical (unpaired) electrons. The zero-order valence-electron chi connectivity index (χ0n) is 17.7. The summed E-state index contributed by atoms with van der Waals surface area (Å²) in [6.07, 6.45) is 4.68. The lowest BCUT2D eigenvalue weighted by atomic mass is 10.0. The largest absolute Gasteiger partial charge is 0.417 e. The molecule has 1 aromatic carbocycles. The minimum atomic E-state index is -4.59. The Morgan fingerprint density at radius 1 is 1.10 bits per heavy atom. The number of halogens is 3. The molecule has 0 aliphatic rings. The van der Waals surface area contributed by atoms with Crippen molar-refractivity contribution in [1.29, 1.82) is 0 Å². The number of hydrogen-bond donors (Lipinski definition) is 1. The Hall–Kier alpha value is -2.50. The third-order valence-corrected chi connectivity index (χ3v) is 5.84. The number of rotatable bonds is 9. The standard InChI is InChI=1S/C24H29F3N2O/c1-4-6-7-8-9-10-11-14-29-19(5-2)16(3)22-20(29)13-12-18-23(22)17(24(25,26)27)15-21(30)28-18/h4,12-13,15H,1,5-11,14H2,2-3H3,(H,28,30). The minimum absolute atomic E-state index is 0.0926. The number of nitrogens with zero attached hydrogens (tertiary/aromatic N) is 1. The van der Waals surface area contributed by atoms with Crippen LogP contribution in [0.4, 0.5) is 13.2 Å². The van der Waals surface area contributed by atoms with Gasteiger partial charge in [-0.15, -0.1) is 6.58 Å². The summed E-state index contributed by atoms with van der Waals surface area (Å²) in [7, 11) is 0. The lowest BCUT2D eigenvalue weighted by Gasteiger charge is -2.12. The maximum Gasteiger partial charge on any atom is 0.417 e. The van der Waals surface area contributed by atoms with Crippen molar-refractivity contribution in [2.24, 2.45) is 0 Å². The van der Waals surface area contributed by atoms with E-state index in [2.05, 4.69) is 16.1 Å². The number of H-pyrrole nitrogens is 1. The predicted molar refractivity (Wildman–Crippen MR) is 117 cm³/mol. The van der Waals surface area contributed by atoms with Crippen molar-refractivity contribution in [3.63, 3.8) is 0 Å². The number of aromatic amines is 1. The van der Waals surface area contributed by atoms with Gasteiger partial charge in [-0.25, -0.2) is 0 Å². The van der Waals surface area contributed by atoms with Gasteiger partial charge in [0, 0.05) is 40.1 Å². The lowest BCUT2D eigenvalue weighted by Crippen LogP contribution is -2.14. The maximum atomic E-state index is 13.8.